The van der Waals surface area contributed by atoms with Crippen molar-refractivity contribution in [3.8, 4) is 11.4 Å². The third-order valence-electron chi connectivity index (χ3n) is 3.57. The topological polar surface area (TPSA) is 52.8 Å². The average molecular weight is 326 g/mol. The van der Waals surface area contributed by atoms with Crippen molar-refractivity contribution in [3.05, 3.63) is 59.7 Å². The Hall–Kier alpha value is -2.34. The molecule has 0 spiro atoms. The summed E-state index contributed by atoms with van der Waals surface area (Å²) in [5, 5.41) is 12.8. The van der Waals surface area contributed by atoms with E-state index in [4.69, 9.17) is 4.74 Å². The number of rotatable bonds is 6. The molecule has 0 fully saturated rings. The first kappa shape index (κ1) is 15.6. The molecule has 0 aliphatic heterocycles. The summed E-state index contributed by atoms with van der Waals surface area (Å²) in [6, 6.07) is 15.9. The van der Waals surface area contributed by atoms with E-state index in [0.717, 1.165) is 22.3 Å². The molecule has 0 N–H and O–H groups in total. The van der Waals surface area contributed by atoms with Crippen molar-refractivity contribution >= 4 is 11.8 Å². The Balaban J connectivity index is 1.64. The molecule has 0 aliphatic rings. The molecular formula is C17H18N4OS. The highest BCUT2D eigenvalue weighted by Crippen LogP contribution is 2.22. The van der Waals surface area contributed by atoms with E-state index in [0.29, 0.717) is 6.61 Å². The zero-order chi connectivity index (χ0) is 16.1. The number of aryl methyl sites for hydroxylation is 1. The fourth-order valence-electron chi connectivity index (χ4n) is 2.19. The van der Waals surface area contributed by atoms with Crippen LogP contribution in [-0.2, 0) is 0 Å². The van der Waals surface area contributed by atoms with Gasteiger partial charge in [-0.1, -0.05) is 42.1 Å². The Morgan fingerprint density at radius 1 is 1.04 bits per heavy atom. The van der Waals surface area contributed by atoms with E-state index in [1.165, 1.54) is 11.1 Å². The summed E-state index contributed by atoms with van der Waals surface area (Å²) in [5.74, 6) is 1.65. The zero-order valence-corrected chi connectivity index (χ0v) is 14.0. The van der Waals surface area contributed by atoms with Crippen LogP contribution in [0, 0.1) is 13.8 Å². The number of nitrogens with zero attached hydrogens (tertiary/aromatic N) is 4. The van der Waals surface area contributed by atoms with Crippen molar-refractivity contribution in [1.29, 1.82) is 0 Å². The molecule has 3 rings (SSSR count). The van der Waals surface area contributed by atoms with Gasteiger partial charge in [0.2, 0.25) is 5.16 Å². The Kier molecular flexibility index (Phi) is 4.92. The molecular weight excluding hydrogens is 308 g/mol. The Bertz CT molecular complexity index is 773. The largest absolute Gasteiger partial charge is 0.493 e. The van der Waals surface area contributed by atoms with Crippen LogP contribution in [-0.4, -0.2) is 32.6 Å². The first-order chi connectivity index (χ1) is 11.3. The summed E-state index contributed by atoms with van der Waals surface area (Å²) in [5.41, 5.74) is 3.42. The van der Waals surface area contributed by atoms with Crippen LogP contribution in [0.15, 0.2) is 53.7 Å². The van der Waals surface area contributed by atoms with Crippen molar-refractivity contribution in [3.63, 3.8) is 0 Å². The number of thioether (sulfide) groups is 1. The van der Waals surface area contributed by atoms with Crippen molar-refractivity contribution < 1.29 is 4.74 Å². The molecule has 0 radical (unpaired) electrons. The van der Waals surface area contributed by atoms with Crippen LogP contribution in [0.25, 0.3) is 5.69 Å². The third kappa shape index (κ3) is 3.71. The molecule has 6 heteroatoms. The van der Waals surface area contributed by atoms with Gasteiger partial charge in [0.1, 0.15) is 5.75 Å². The van der Waals surface area contributed by atoms with Crippen molar-refractivity contribution in [2.24, 2.45) is 0 Å². The molecule has 118 valence electrons. The van der Waals surface area contributed by atoms with Gasteiger partial charge >= 0.3 is 0 Å². The maximum Gasteiger partial charge on any atom is 0.214 e. The third-order valence-corrected chi connectivity index (χ3v) is 4.46. The normalized spacial score (nSPS) is 10.7. The van der Waals surface area contributed by atoms with Crippen molar-refractivity contribution in [2.75, 3.05) is 12.4 Å². The standard InChI is InChI=1S/C17H18N4OS/c1-13-7-6-10-16(14(13)2)21-17(18-19-20-21)23-12-11-22-15-8-4-3-5-9-15/h3-10H,11-12H2,1-2H3. The first-order valence-corrected chi connectivity index (χ1v) is 8.40. The number of aromatic nitrogens is 4. The van der Waals surface area contributed by atoms with Crippen LogP contribution in [0.1, 0.15) is 11.1 Å². The van der Waals surface area contributed by atoms with Gasteiger partial charge in [0.25, 0.3) is 0 Å². The van der Waals surface area contributed by atoms with E-state index >= 15 is 0 Å². The molecule has 0 saturated heterocycles. The van der Waals surface area contributed by atoms with Gasteiger partial charge in [0, 0.05) is 5.75 Å². The summed E-state index contributed by atoms with van der Waals surface area (Å²) in [6.07, 6.45) is 0. The maximum absolute atomic E-state index is 5.69. The lowest BCUT2D eigenvalue weighted by Crippen LogP contribution is -2.05. The molecule has 0 bridgehead atoms. The highest BCUT2D eigenvalue weighted by Gasteiger charge is 2.11. The minimum atomic E-state index is 0.605. The summed E-state index contributed by atoms with van der Waals surface area (Å²) in [4.78, 5) is 0. The monoisotopic (exact) mass is 326 g/mol. The van der Waals surface area contributed by atoms with Gasteiger partial charge in [0.15, 0.2) is 0 Å². The molecule has 3 aromatic rings. The minimum Gasteiger partial charge on any atom is -0.493 e. The lowest BCUT2D eigenvalue weighted by molar-refractivity contribution is 0.344. The summed E-state index contributed by atoms with van der Waals surface area (Å²) in [6.45, 7) is 4.78. The summed E-state index contributed by atoms with van der Waals surface area (Å²) < 4.78 is 7.48. The van der Waals surface area contributed by atoms with Gasteiger partial charge in [-0.05, 0) is 53.6 Å². The van der Waals surface area contributed by atoms with E-state index in [1.54, 1.807) is 16.4 Å². The van der Waals surface area contributed by atoms with E-state index < -0.39 is 0 Å². The number of hydrogen-bond acceptors (Lipinski definition) is 5. The van der Waals surface area contributed by atoms with Crippen LogP contribution in [0.2, 0.25) is 0 Å². The van der Waals surface area contributed by atoms with E-state index in [-0.39, 0.29) is 0 Å². The van der Waals surface area contributed by atoms with Crippen LogP contribution in [0.4, 0.5) is 0 Å². The van der Waals surface area contributed by atoms with Gasteiger partial charge in [0.05, 0.1) is 12.3 Å². The number of hydrogen-bond donors (Lipinski definition) is 0. The number of ether oxygens (including phenoxy) is 1. The molecule has 0 saturated carbocycles. The van der Waals surface area contributed by atoms with Crippen molar-refractivity contribution in [2.45, 2.75) is 19.0 Å². The number of para-hydroxylation sites is 1. The summed E-state index contributed by atoms with van der Waals surface area (Å²) >= 11 is 1.58. The molecule has 1 heterocycles. The molecule has 5 nitrogen and oxygen atoms in total. The molecule has 0 atom stereocenters. The predicted octanol–water partition coefficient (Wildman–Crippen LogP) is 3.45. The van der Waals surface area contributed by atoms with Gasteiger partial charge in [-0.15, -0.1) is 5.10 Å². The average Bonchev–Trinajstić information content (AvgIpc) is 3.03. The second kappa shape index (κ2) is 7.28. The zero-order valence-electron chi connectivity index (χ0n) is 13.1. The van der Waals surface area contributed by atoms with E-state index in [1.807, 2.05) is 42.5 Å². The van der Waals surface area contributed by atoms with Crippen LogP contribution >= 0.6 is 11.8 Å². The van der Waals surface area contributed by atoms with Gasteiger partial charge in [-0.2, -0.15) is 4.68 Å². The lowest BCUT2D eigenvalue weighted by atomic mass is 10.1. The van der Waals surface area contributed by atoms with Crippen LogP contribution in [0.3, 0.4) is 0 Å². The van der Waals surface area contributed by atoms with E-state index in [9.17, 15) is 0 Å². The van der Waals surface area contributed by atoms with Gasteiger partial charge < -0.3 is 4.74 Å². The van der Waals surface area contributed by atoms with Crippen molar-refractivity contribution in [1.82, 2.24) is 20.2 Å². The second-order valence-electron chi connectivity index (χ2n) is 5.10. The Labute approximate surface area is 139 Å². The highest BCUT2D eigenvalue weighted by molar-refractivity contribution is 7.99. The molecule has 0 amide bonds. The summed E-state index contributed by atoms with van der Waals surface area (Å²) in [7, 11) is 0. The van der Waals surface area contributed by atoms with Crippen LogP contribution < -0.4 is 4.74 Å². The fraction of sp³-hybridized carbons (Fsp3) is 0.235. The highest BCUT2D eigenvalue weighted by atomic mass is 32.2. The fourth-order valence-corrected chi connectivity index (χ4v) is 2.89. The van der Waals surface area contributed by atoms with E-state index in [2.05, 4.69) is 35.4 Å². The molecule has 23 heavy (non-hydrogen) atoms. The number of tetrazole rings is 1. The lowest BCUT2D eigenvalue weighted by Gasteiger charge is -2.09. The Morgan fingerprint density at radius 2 is 1.87 bits per heavy atom. The van der Waals surface area contributed by atoms with Gasteiger partial charge in [-0.25, -0.2) is 0 Å². The second-order valence-corrected chi connectivity index (χ2v) is 6.16. The van der Waals surface area contributed by atoms with Gasteiger partial charge in [-0.3, -0.25) is 0 Å². The first-order valence-electron chi connectivity index (χ1n) is 7.41. The van der Waals surface area contributed by atoms with Crippen LogP contribution in [0.5, 0.6) is 5.75 Å². The molecule has 2 aromatic carbocycles. The molecule has 0 unspecified atom stereocenters. The number of benzene rings is 2. The smallest absolute Gasteiger partial charge is 0.214 e. The minimum absolute atomic E-state index is 0.605. The quantitative estimate of drug-likeness (QED) is 0.513. The Morgan fingerprint density at radius 3 is 2.70 bits per heavy atom. The SMILES string of the molecule is Cc1cccc(-n2nnnc2SCCOc2ccccc2)c1C. The molecule has 0 aliphatic carbocycles. The maximum atomic E-state index is 5.69. The predicted molar refractivity (Wildman–Crippen MR) is 91.3 cm³/mol. The molecule has 1 aromatic heterocycles.